The van der Waals surface area contributed by atoms with E-state index in [-0.39, 0.29) is 24.3 Å². The van der Waals surface area contributed by atoms with Crippen LogP contribution in [0.1, 0.15) is 44.0 Å². The summed E-state index contributed by atoms with van der Waals surface area (Å²) in [5.41, 5.74) is 2.99. The zero-order valence-electron chi connectivity index (χ0n) is 18.4. The first-order valence-electron chi connectivity index (χ1n) is 10.7. The van der Waals surface area contributed by atoms with E-state index < -0.39 is 0 Å². The van der Waals surface area contributed by atoms with E-state index in [9.17, 15) is 9.59 Å². The summed E-state index contributed by atoms with van der Waals surface area (Å²) in [5, 5.41) is 6.91. The smallest absolute Gasteiger partial charge is 0.262 e. The van der Waals surface area contributed by atoms with Crippen LogP contribution >= 0.6 is 0 Å². The minimum atomic E-state index is -0.303. The van der Waals surface area contributed by atoms with Gasteiger partial charge in [0.15, 0.2) is 12.4 Å². The number of aromatic nitrogens is 2. The first-order chi connectivity index (χ1) is 15.4. The Morgan fingerprint density at radius 3 is 2.66 bits per heavy atom. The number of amides is 2. The summed E-state index contributed by atoms with van der Waals surface area (Å²) in [6, 6.07) is 12.8. The van der Waals surface area contributed by atoms with E-state index in [0.717, 1.165) is 24.2 Å². The monoisotopic (exact) mass is 434 g/mol. The van der Waals surface area contributed by atoms with Gasteiger partial charge in [0.25, 0.3) is 11.8 Å². The number of carbonyl (C=O) groups excluding carboxylic acids is 2. The number of benzene rings is 2. The molecule has 0 spiro atoms. The van der Waals surface area contributed by atoms with Gasteiger partial charge in [-0.2, -0.15) is 4.98 Å². The van der Waals surface area contributed by atoms with Crippen LogP contribution in [0.2, 0.25) is 0 Å². The fourth-order valence-corrected chi connectivity index (χ4v) is 3.56. The van der Waals surface area contributed by atoms with E-state index in [2.05, 4.69) is 15.5 Å². The van der Waals surface area contributed by atoms with Crippen LogP contribution in [-0.4, -0.2) is 35.1 Å². The van der Waals surface area contributed by atoms with Crippen LogP contribution in [0.25, 0.3) is 11.5 Å². The van der Waals surface area contributed by atoms with Gasteiger partial charge in [0, 0.05) is 24.6 Å². The van der Waals surface area contributed by atoms with Crippen molar-refractivity contribution in [1.29, 1.82) is 0 Å². The van der Waals surface area contributed by atoms with Crippen LogP contribution in [0.5, 0.6) is 5.75 Å². The van der Waals surface area contributed by atoms with E-state index in [1.54, 1.807) is 17.0 Å². The van der Waals surface area contributed by atoms with Gasteiger partial charge in [0.05, 0.1) is 11.3 Å². The minimum absolute atomic E-state index is 0.133. The number of hydrogen-bond donors (Lipinski definition) is 1. The van der Waals surface area contributed by atoms with E-state index in [0.29, 0.717) is 35.1 Å². The molecule has 1 fully saturated rings. The molecular formula is C24H26N4O4. The van der Waals surface area contributed by atoms with Crippen LogP contribution < -0.4 is 15.0 Å². The molecule has 0 aliphatic carbocycles. The molecule has 4 rings (SSSR count). The van der Waals surface area contributed by atoms with Gasteiger partial charge in [-0.15, -0.1) is 0 Å². The number of para-hydroxylation sites is 1. The van der Waals surface area contributed by atoms with Gasteiger partial charge >= 0.3 is 0 Å². The molecule has 0 atom stereocenters. The molecule has 1 aliphatic heterocycles. The third kappa shape index (κ3) is 4.64. The number of carbonyl (C=O) groups is 2. The molecule has 1 aromatic heterocycles. The van der Waals surface area contributed by atoms with Crippen molar-refractivity contribution in [3.05, 3.63) is 53.9 Å². The fraction of sp³-hybridized carbons (Fsp3) is 0.333. The summed E-state index contributed by atoms with van der Waals surface area (Å²) < 4.78 is 11.0. The molecule has 0 radical (unpaired) electrons. The van der Waals surface area contributed by atoms with Crippen molar-refractivity contribution in [1.82, 2.24) is 10.1 Å². The highest BCUT2D eigenvalue weighted by atomic mass is 16.5. The molecule has 2 aromatic carbocycles. The molecule has 0 unspecified atom stereocenters. The fourth-order valence-electron chi connectivity index (χ4n) is 3.56. The summed E-state index contributed by atoms with van der Waals surface area (Å²) in [5.74, 6) is 1.50. The Labute approximate surface area is 186 Å². The predicted molar refractivity (Wildman–Crippen MR) is 121 cm³/mol. The maximum atomic E-state index is 12.6. The van der Waals surface area contributed by atoms with Crippen molar-refractivity contribution in [2.24, 2.45) is 0 Å². The summed E-state index contributed by atoms with van der Waals surface area (Å²) in [6.07, 6.45) is 1.46. The highest BCUT2D eigenvalue weighted by Crippen LogP contribution is 2.30. The van der Waals surface area contributed by atoms with Gasteiger partial charge in [-0.05, 0) is 49.2 Å². The second-order valence-electron chi connectivity index (χ2n) is 8.09. The number of nitrogens with zero attached hydrogens (tertiary/aromatic N) is 3. The van der Waals surface area contributed by atoms with Crippen molar-refractivity contribution in [3.63, 3.8) is 0 Å². The molecule has 3 aromatic rings. The lowest BCUT2D eigenvalue weighted by Gasteiger charge is -2.16. The normalized spacial score (nSPS) is 13.6. The van der Waals surface area contributed by atoms with E-state index in [1.807, 2.05) is 51.1 Å². The molecule has 1 saturated heterocycles. The van der Waals surface area contributed by atoms with Crippen molar-refractivity contribution >= 4 is 23.2 Å². The van der Waals surface area contributed by atoms with Gasteiger partial charge in [0.1, 0.15) is 5.75 Å². The molecule has 0 saturated carbocycles. The molecule has 1 aliphatic rings. The summed E-state index contributed by atoms with van der Waals surface area (Å²) >= 11 is 0. The average Bonchev–Trinajstić information content (AvgIpc) is 3.44. The second kappa shape index (κ2) is 9.21. The minimum Gasteiger partial charge on any atom is -0.484 e. The van der Waals surface area contributed by atoms with Crippen molar-refractivity contribution in [2.75, 3.05) is 23.4 Å². The van der Waals surface area contributed by atoms with Crippen molar-refractivity contribution < 1.29 is 18.8 Å². The quantitative estimate of drug-likeness (QED) is 0.595. The Bertz CT molecular complexity index is 1120. The maximum absolute atomic E-state index is 12.6. The Kier molecular flexibility index (Phi) is 6.20. The SMILES string of the molecule is Cc1cccc(-c2nc(C(C)C)no2)c1NC(=O)COc1ccc(N2CCCC2=O)cc1. The predicted octanol–water partition coefficient (Wildman–Crippen LogP) is 4.31. The van der Waals surface area contributed by atoms with Crippen LogP contribution in [0.4, 0.5) is 11.4 Å². The summed E-state index contributed by atoms with van der Waals surface area (Å²) in [7, 11) is 0. The Balaban J connectivity index is 1.41. The van der Waals surface area contributed by atoms with Gasteiger partial charge in [-0.25, -0.2) is 0 Å². The highest BCUT2D eigenvalue weighted by molar-refractivity contribution is 5.97. The largest absolute Gasteiger partial charge is 0.484 e. The lowest BCUT2D eigenvalue weighted by atomic mass is 10.1. The Hall–Kier alpha value is -3.68. The van der Waals surface area contributed by atoms with Crippen LogP contribution in [0.3, 0.4) is 0 Å². The molecule has 1 N–H and O–H groups in total. The van der Waals surface area contributed by atoms with Crippen LogP contribution in [0.15, 0.2) is 47.0 Å². The van der Waals surface area contributed by atoms with E-state index in [1.165, 1.54) is 0 Å². The Morgan fingerprint density at radius 1 is 1.22 bits per heavy atom. The van der Waals surface area contributed by atoms with E-state index >= 15 is 0 Å². The first-order valence-corrected chi connectivity index (χ1v) is 10.7. The van der Waals surface area contributed by atoms with Crippen LogP contribution in [0, 0.1) is 6.92 Å². The topological polar surface area (TPSA) is 97.6 Å². The van der Waals surface area contributed by atoms with Gasteiger partial charge in [-0.3, -0.25) is 9.59 Å². The Morgan fingerprint density at radius 2 is 2.00 bits per heavy atom. The molecule has 2 amide bonds. The molecule has 8 nitrogen and oxygen atoms in total. The van der Waals surface area contributed by atoms with Crippen molar-refractivity contribution in [3.8, 4) is 17.2 Å². The van der Waals surface area contributed by atoms with Gasteiger partial charge < -0.3 is 19.5 Å². The highest BCUT2D eigenvalue weighted by Gasteiger charge is 2.21. The third-order valence-electron chi connectivity index (χ3n) is 5.32. The second-order valence-corrected chi connectivity index (χ2v) is 8.09. The van der Waals surface area contributed by atoms with Gasteiger partial charge in [0.2, 0.25) is 5.91 Å². The number of hydrogen-bond acceptors (Lipinski definition) is 6. The first kappa shape index (κ1) is 21.5. The van der Waals surface area contributed by atoms with E-state index in [4.69, 9.17) is 9.26 Å². The summed E-state index contributed by atoms with van der Waals surface area (Å²) in [6.45, 7) is 6.45. The van der Waals surface area contributed by atoms with Crippen molar-refractivity contribution in [2.45, 2.75) is 39.5 Å². The zero-order valence-corrected chi connectivity index (χ0v) is 18.4. The lowest BCUT2D eigenvalue weighted by molar-refractivity contribution is -0.118. The molecule has 0 bridgehead atoms. The molecule has 2 heterocycles. The lowest BCUT2D eigenvalue weighted by Crippen LogP contribution is -2.23. The average molecular weight is 434 g/mol. The number of anilines is 2. The summed E-state index contributed by atoms with van der Waals surface area (Å²) in [4.78, 5) is 30.7. The zero-order chi connectivity index (χ0) is 22.7. The van der Waals surface area contributed by atoms with Gasteiger partial charge in [-0.1, -0.05) is 31.1 Å². The molecular weight excluding hydrogens is 408 g/mol. The maximum Gasteiger partial charge on any atom is 0.262 e. The molecule has 8 heteroatoms. The molecule has 32 heavy (non-hydrogen) atoms. The third-order valence-corrected chi connectivity index (χ3v) is 5.32. The standard InChI is InChI=1S/C24H26N4O4/c1-15(2)23-26-24(32-27-23)19-7-4-6-16(3)22(19)25-20(29)14-31-18-11-9-17(10-12-18)28-13-5-8-21(28)30/h4,6-7,9-12,15H,5,8,13-14H2,1-3H3,(H,25,29). The molecule has 166 valence electrons. The number of rotatable bonds is 7. The number of ether oxygens (including phenoxy) is 1. The number of nitrogens with one attached hydrogen (secondary N) is 1. The number of aryl methyl sites for hydroxylation is 1. The van der Waals surface area contributed by atoms with Crippen LogP contribution in [-0.2, 0) is 9.59 Å².